The molecule has 5 heteroatoms. The molecule has 0 saturated heterocycles. The third-order valence-corrected chi connectivity index (χ3v) is 8.71. The molecule has 1 aliphatic carbocycles. The molecule has 0 radical (unpaired) electrons. The summed E-state index contributed by atoms with van der Waals surface area (Å²) < 4.78 is 45.6. The van der Waals surface area contributed by atoms with Gasteiger partial charge in [0.1, 0.15) is 5.67 Å². The number of sulfonamides is 1. The zero-order chi connectivity index (χ0) is 21.3. The average molecular weight is 422 g/mol. The van der Waals surface area contributed by atoms with Crippen LogP contribution in [-0.2, 0) is 15.4 Å². The Kier molecular flexibility index (Phi) is 3.97. The Bertz CT molecular complexity index is 1250. The van der Waals surface area contributed by atoms with Crippen molar-refractivity contribution in [1.29, 1.82) is 0 Å². The van der Waals surface area contributed by atoms with Crippen molar-refractivity contribution in [2.24, 2.45) is 0 Å². The van der Waals surface area contributed by atoms with E-state index in [0.717, 1.165) is 22.3 Å². The first kappa shape index (κ1) is 19.3. The van der Waals surface area contributed by atoms with Gasteiger partial charge in [0.05, 0.1) is 17.1 Å². The highest BCUT2D eigenvalue weighted by Crippen LogP contribution is 2.61. The van der Waals surface area contributed by atoms with Crippen molar-refractivity contribution in [2.75, 3.05) is 10.8 Å². The summed E-state index contributed by atoms with van der Waals surface area (Å²) in [5, 5.41) is 0. The summed E-state index contributed by atoms with van der Waals surface area (Å²) in [5.41, 5.74) is 1.56. The quantitative estimate of drug-likeness (QED) is 0.560. The van der Waals surface area contributed by atoms with Crippen LogP contribution in [0.25, 0.3) is 0 Å². The number of aryl methyl sites for hydroxylation is 1. The summed E-state index contributed by atoms with van der Waals surface area (Å²) in [6, 6.07) is 21.9. The zero-order valence-corrected chi connectivity index (χ0v) is 18.1. The lowest BCUT2D eigenvalue weighted by molar-refractivity contribution is 0.0779. The van der Waals surface area contributed by atoms with E-state index in [4.69, 9.17) is 0 Å². The summed E-state index contributed by atoms with van der Waals surface area (Å²) in [6.45, 7) is 5.46. The fraction of sp³-hybridized carbons (Fsp3) is 0.280. The van der Waals surface area contributed by atoms with Gasteiger partial charge in [-0.2, -0.15) is 0 Å². The number of para-hydroxylation sites is 1. The Balaban J connectivity index is 1.75. The maximum absolute atomic E-state index is 17.1. The van der Waals surface area contributed by atoms with Crippen molar-refractivity contribution >= 4 is 15.7 Å². The summed E-state index contributed by atoms with van der Waals surface area (Å²) >= 11 is 0. The molecule has 3 aromatic carbocycles. The Hall–Kier alpha value is -2.66. The van der Waals surface area contributed by atoms with Crippen LogP contribution in [0.3, 0.4) is 0 Å². The van der Waals surface area contributed by atoms with Crippen molar-refractivity contribution in [3.05, 3.63) is 95.1 Å². The molecule has 154 valence electrons. The molecule has 2 aliphatic rings. The van der Waals surface area contributed by atoms with E-state index in [-0.39, 0.29) is 11.4 Å². The van der Waals surface area contributed by atoms with E-state index in [1.54, 1.807) is 30.3 Å². The van der Waals surface area contributed by atoms with Gasteiger partial charge in [0, 0.05) is 11.3 Å². The molecule has 0 saturated carbocycles. The highest BCUT2D eigenvalue weighted by Gasteiger charge is 2.63. The van der Waals surface area contributed by atoms with E-state index in [1.807, 2.05) is 63.2 Å². The van der Waals surface area contributed by atoms with Gasteiger partial charge in [0.15, 0.2) is 0 Å². The van der Waals surface area contributed by atoms with Gasteiger partial charge in [-0.1, -0.05) is 74.0 Å². The van der Waals surface area contributed by atoms with Gasteiger partial charge in [0.2, 0.25) is 0 Å². The second kappa shape index (κ2) is 6.17. The molecule has 5 rings (SSSR count). The van der Waals surface area contributed by atoms with E-state index in [9.17, 15) is 8.42 Å². The number of alkyl halides is 1. The molecular weight excluding hydrogens is 397 g/mol. The van der Waals surface area contributed by atoms with Gasteiger partial charge in [-0.05, 0) is 41.8 Å². The number of rotatable bonds is 2. The van der Waals surface area contributed by atoms with Gasteiger partial charge < -0.3 is 0 Å². The fourth-order valence-electron chi connectivity index (χ4n) is 5.16. The largest absolute Gasteiger partial charge is 0.264 e. The maximum atomic E-state index is 17.1. The lowest BCUT2D eigenvalue weighted by atomic mass is 9.69. The Morgan fingerprint density at radius 2 is 1.50 bits per heavy atom. The van der Waals surface area contributed by atoms with Crippen molar-refractivity contribution in [3.8, 4) is 0 Å². The maximum Gasteiger partial charge on any atom is 0.264 e. The topological polar surface area (TPSA) is 37.4 Å². The van der Waals surface area contributed by atoms with Crippen LogP contribution in [0.5, 0.6) is 0 Å². The standard InChI is InChI=1S/C25H24FNO2S/c1-17-12-14-18(15-13-17)30(28,29)27-16-25(26)23(20-9-5-7-11-22(20)27)19-8-4-6-10-21(19)24(25,2)3/h4-15,23H,16H2,1-3H3/t23-,25-/m0/s1. The smallest absolute Gasteiger partial charge is 0.263 e. The van der Waals surface area contributed by atoms with Crippen LogP contribution in [0.15, 0.2) is 77.7 Å². The second-order valence-electron chi connectivity index (χ2n) is 8.89. The minimum Gasteiger partial charge on any atom is -0.263 e. The van der Waals surface area contributed by atoms with Crippen LogP contribution in [-0.4, -0.2) is 20.6 Å². The highest BCUT2D eigenvalue weighted by molar-refractivity contribution is 7.92. The molecule has 1 heterocycles. The number of hydrogen-bond donors (Lipinski definition) is 0. The molecule has 0 N–H and O–H groups in total. The number of anilines is 1. The van der Waals surface area contributed by atoms with Crippen molar-refractivity contribution in [1.82, 2.24) is 0 Å². The molecular formula is C25H24FNO2S. The van der Waals surface area contributed by atoms with Crippen LogP contribution < -0.4 is 4.31 Å². The lowest BCUT2D eigenvalue weighted by Gasteiger charge is -2.46. The van der Waals surface area contributed by atoms with Gasteiger partial charge in [0.25, 0.3) is 10.0 Å². The molecule has 0 unspecified atom stereocenters. The number of hydrogen-bond acceptors (Lipinski definition) is 2. The summed E-state index contributed by atoms with van der Waals surface area (Å²) in [5.74, 6) is -0.496. The molecule has 0 spiro atoms. The number of nitrogens with zero attached hydrogens (tertiary/aromatic N) is 1. The van der Waals surface area contributed by atoms with Crippen LogP contribution in [0, 0.1) is 6.92 Å². The van der Waals surface area contributed by atoms with Crippen LogP contribution in [0.2, 0.25) is 0 Å². The minimum atomic E-state index is -3.91. The fourth-order valence-corrected chi connectivity index (χ4v) is 6.67. The van der Waals surface area contributed by atoms with E-state index >= 15 is 4.39 Å². The number of benzene rings is 3. The molecule has 0 amide bonds. The second-order valence-corrected chi connectivity index (χ2v) is 10.8. The van der Waals surface area contributed by atoms with E-state index in [1.165, 1.54) is 4.31 Å². The van der Waals surface area contributed by atoms with E-state index in [2.05, 4.69) is 0 Å². The third-order valence-electron chi connectivity index (χ3n) is 6.94. The summed E-state index contributed by atoms with van der Waals surface area (Å²) in [6.07, 6.45) is 0. The van der Waals surface area contributed by atoms with Crippen molar-refractivity contribution in [3.63, 3.8) is 0 Å². The molecule has 3 aromatic rings. The molecule has 2 atom stereocenters. The Morgan fingerprint density at radius 1 is 0.900 bits per heavy atom. The molecule has 0 fully saturated rings. The van der Waals surface area contributed by atoms with Gasteiger partial charge in [-0.15, -0.1) is 0 Å². The SMILES string of the molecule is Cc1ccc(S(=O)(=O)N2C[C@]3(F)[C@H](c4ccccc42)c2ccccc2C3(C)C)cc1. The van der Waals surface area contributed by atoms with Gasteiger partial charge in [-0.3, -0.25) is 4.31 Å². The summed E-state index contributed by atoms with van der Waals surface area (Å²) in [7, 11) is -3.91. The molecule has 1 aliphatic heterocycles. The minimum absolute atomic E-state index is 0.179. The van der Waals surface area contributed by atoms with Crippen LogP contribution >= 0.6 is 0 Å². The predicted octanol–water partition coefficient (Wildman–Crippen LogP) is 5.34. The monoisotopic (exact) mass is 421 g/mol. The first-order chi connectivity index (χ1) is 14.2. The summed E-state index contributed by atoms with van der Waals surface area (Å²) in [4.78, 5) is 0.179. The zero-order valence-electron chi connectivity index (χ0n) is 17.3. The normalized spacial score (nSPS) is 24.1. The van der Waals surface area contributed by atoms with Gasteiger partial charge in [-0.25, -0.2) is 12.8 Å². The third kappa shape index (κ3) is 2.38. The average Bonchev–Trinajstić information content (AvgIpc) is 2.91. The molecule has 0 aromatic heterocycles. The van der Waals surface area contributed by atoms with Gasteiger partial charge >= 0.3 is 0 Å². The first-order valence-electron chi connectivity index (χ1n) is 10.1. The molecule has 3 nitrogen and oxygen atoms in total. The highest BCUT2D eigenvalue weighted by atomic mass is 32.2. The van der Waals surface area contributed by atoms with Crippen LogP contribution in [0.1, 0.15) is 42.0 Å². The van der Waals surface area contributed by atoms with E-state index in [0.29, 0.717) is 5.69 Å². The Labute approximate surface area is 177 Å². The number of halogens is 1. The van der Waals surface area contributed by atoms with Crippen LogP contribution in [0.4, 0.5) is 10.1 Å². The first-order valence-corrected chi connectivity index (χ1v) is 11.6. The van der Waals surface area contributed by atoms with E-state index < -0.39 is 27.0 Å². The molecule has 0 bridgehead atoms. The number of fused-ring (bicyclic) bond motifs is 5. The van der Waals surface area contributed by atoms with Crippen molar-refractivity contribution in [2.45, 2.75) is 42.7 Å². The van der Waals surface area contributed by atoms with Crippen molar-refractivity contribution < 1.29 is 12.8 Å². The predicted molar refractivity (Wildman–Crippen MR) is 117 cm³/mol. The molecule has 30 heavy (non-hydrogen) atoms. The Morgan fingerprint density at radius 3 is 2.20 bits per heavy atom. The lowest BCUT2D eigenvalue weighted by Crippen LogP contribution is -2.56.